The summed E-state index contributed by atoms with van der Waals surface area (Å²) in [5, 5.41) is 4.17. The van der Waals surface area contributed by atoms with Crippen molar-refractivity contribution in [2.45, 2.75) is 26.7 Å². The molecule has 0 aromatic carbocycles. The second kappa shape index (κ2) is 4.64. The maximum atomic E-state index is 11.8. The van der Waals surface area contributed by atoms with E-state index in [1.54, 1.807) is 17.6 Å². The van der Waals surface area contributed by atoms with Crippen molar-refractivity contribution < 1.29 is 9.53 Å². The molecule has 2 heterocycles. The second-order valence-corrected chi connectivity index (χ2v) is 4.24. The normalized spacial score (nSPS) is 11.1. The fourth-order valence-electron chi connectivity index (χ4n) is 1.82. The van der Waals surface area contributed by atoms with Gasteiger partial charge < -0.3 is 10.5 Å². The van der Waals surface area contributed by atoms with Gasteiger partial charge in [-0.1, -0.05) is 13.8 Å². The van der Waals surface area contributed by atoms with Crippen molar-refractivity contribution in [2.75, 3.05) is 12.3 Å². The zero-order valence-electron chi connectivity index (χ0n) is 10.7. The molecule has 6 heteroatoms. The molecule has 2 rings (SSSR count). The van der Waals surface area contributed by atoms with Gasteiger partial charge in [0.15, 0.2) is 11.5 Å². The highest BCUT2D eigenvalue weighted by Crippen LogP contribution is 2.21. The highest BCUT2D eigenvalue weighted by molar-refractivity contribution is 6.00. The van der Waals surface area contributed by atoms with Crippen molar-refractivity contribution in [1.29, 1.82) is 0 Å². The molecule has 0 saturated carbocycles. The van der Waals surface area contributed by atoms with Gasteiger partial charge in [0, 0.05) is 11.9 Å². The van der Waals surface area contributed by atoms with E-state index in [0.717, 1.165) is 5.69 Å². The SMILES string of the molecule is CCOC(=O)c1c(N)nn2c(C(C)C)ccnc12. The van der Waals surface area contributed by atoms with Gasteiger partial charge in [0.25, 0.3) is 0 Å². The molecule has 0 spiro atoms. The number of rotatable bonds is 3. The number of anilines is 1. The number of hydrogen-bond acceptors (Lipinski definition) is 5. The number of carbonyl (C=O) groups is 1. The van der Waals surface area contributed by atoms with Crippen LogP contribution in [0.15, 0.2) is 12.3 Å². The van der Waals surface area contributed by atoms with E-state index in [4.69, 9.17) is 10.5 Å². The Hall–Kier alpha value is -2.11. The lowest BCUT2D eigenvalue weighted by Gasteiger charge is -2.07. The van der Waals surface area contributed by atoms with Crippen molar-refractivity contribution in [3.63, 3.8) is 0 Å². The molecule has 0 unspecified atom stereocenters. The molecule has 0 saturated heterocycles. The van der Waals surface area contributed by atoms with Crippen LogP contribution in [0.1, 0.15) is 42.7 Å². The molecular weight excluding hydrogens is 232 g/mol. The van der Waals surface area contributed by atoms with Gasteiger partial charge in [-0.05, 0) is 18.9 Å². The molecule has 0 aliphatic carbocycles. The first-order valence-corrected chi connectivity index (χ1v) is 5.86. The number of nitrogen functional groups attached to an aromatic ring is 1. The van der Waals surface area contributed by atoms with Gasteiger partial charge in [0.2, 0.25) is 0 Å². The van der Waals surface area contributed by atoms with Gasteiger partial charge in [-0.2, -0.15) is 0 Å². The van der Waals surface area contributed by atoms with E-state index in [0.29, 0.717) is 12.3 Å². The summed E-state index contributed by atoms with van der Waals surface area (Å²) in [6.07, 6.45) is 1.65. The zero-order chi connectivity index (χ0) is 13.3. The fourth-order valence-corrected chi connectivity index (χ4v) is 1.82. The highest BCUT2D eigenvalue weighted by atomic mass is 16.5. The van der Waals surface area contributed by atoms with Crippen LogP contribution in [0.4, 0.5) is 5.82 Å². The lowest BCUT2D eigenvalue weighted by Crippen LogP contribution is -2.07. The minimum atomic E-state index is -0.488. The summed E-state index contributed by atoms with van der Waals surface area (Å²) in [6.45, 7) is 6.11. The average Bonchev–Trinajstić information content (AvgIpc) is 2.64. The smallest absolute Gasteiger partial charge is 0.345 e. The van der Waals surface area contributed by atoms with Crippen LogP contribution in [0.3, 0.4) is 0 Å². The van der Waals surface area contributed by atoms with Gasteiger partial charge in [0.05, 0.1) is 6.61 Å². The summed E-state index contributed by atoms with van der Waals surface area (Å²) in [5.74, 6) is -0.0858. The predicted octanol–water partition coefficient (Wildman–Crippen LogP) is 1.61. The minimum Gasteiger partial charge on any atom is -0.462 e. The number of fused-ring (bicyclic) bond motifs is 1. The molecule has 0 fully saturated rings. The first kappa shape index (κ1) is 12.3. The Morgan fingerprint density at radius 1 is 1.56 bits per heavy atom. The van der Waals surface area contributed by atoms with Crippen molar-refractivity contribution in [1.82, 2.24) is 14.6 Å². The molecule has 0 aliphatic rings. The molecule has 6 nitrogen and oxygen atoms in total. The predicted molar refractivity (Wildman–Crippen MR) is 67.4 cm³/mol. The molecule has 0 atom stereocenters. The largest absolute Gasteiger partial charge is 0.462 e. The minimum absolute atomic E-state index is 0.147. The Balaban J connectivity index is 2.65. The van der Waals surface area contributed by atoms with Gasteiger partial charge in [-0.25, -0.2) is 14.3 Å². The lowest BCUT2D eigenvalue weighted by atomic mass is 10.1. The van der Waals surface area contributed by atoms with Crippen LogP contribution in [0.2, 0.25) is 0 Å². The molecular formula is C12H16N4O2. The Labute approximate surface area is 105 Å². The van der Waals surface area contributed by atoms with Crippen LogP contribution in [-0.4, -0.2) is 27.2 Å². The van der Waals surface area contributed by atoms with Crippen molar-refractivity contribution >= 4 is 17.4 Å². The van der Waals surface area contributed by atoms with Gasteiger partial charge in [-0.3, -0.25) is 0 Å². The summed E-state index contributed by atoms with van der Waals surface area (Å²) < 4.78 is 6.57. The van der Waals surface area contributed by atoms with E-state index in [1.165, 1.54) is 0 Å². The van der Waals surface area contributed by atoms with Crippen LogP contribution in [0, 0.1) is 0 Å². The van der Waals surface area contributed by atoms with E-state index in [2.05, 4.69) is 10.1 Å². The van der Waals surface area contributed by atoms with Crippen molar-refractivity contribution in [3.8, 4) is 0 Å². The summed E-state index contributed by atoms with van der Waals surface area (Å²) in [5.41, 5.74) is 7.40. The molecule has 2 aromatic heterocycles. The average molecular weight is 248 g/mol. The number of nitrogens with zero attached hydrogens (tertiary/aromatic N) is 3. The molecule has 2 aromatic rings. The summed E-state index contributed by atoms with van der Waals surface area (Å²) >= 11 is 0. The third-order valence-electron chi connectivity index (χ3n) is 2.65. The van der Waals surface area contributed by atoms with E-state index >= 15 is 0 Å². The highest BCUT2D eigenvalue weighted by Gasteiger charge is 2.21. The topological polar surface area (TPSA) is 82.5 Å². The van der Waals surface area contributed by atoms with Crippen molar-refractivity contribution in [3.05, 3.63) is 23.5 Å². The number of ether oxygens (including phenoxy) is 1. The monoisotopic (exact) mass is 248 g/mol. The maximum absolute atomic E-state index is 11.8. The Morgan fingerprint density at radius 3 is 2.89 bits per heavy atom. The molecule has 0 radical (unpaired) electrons. The Kier molecular flexibility index (Phi) is 3.18. The number of hydrogen-bond donors (Lipinski definition) is 1. The van der Waals surface area contributed by atoms with E-state index < -0.39 is 5.97 Å². The molecule has 18 heavy (non-hydrogen) atoms. The van der Waals surface area contributed by atoms with Crippen molar-refractivity contribution in [2.24, 2.45) is 0 Å². The zero-order valence-corrected chi connectivity index (χ0v) is 10.7. The molecule has 96 valence electrons. The maximum Gasteiger partial charge on any atom is 0.345 e. The third-order valence-corrected chi connectivity index (χ3v) is 2.65. The van der Waals surface area contributed by atoms with Crippen LogP contribution in [-0.2, 0) is 4.74 Å². The summed E-state index contributed by atoms with van der Waals surface area (Å²) in [7, 11) is 0. The van der Waals surface area contributed by atoms with E-state index in [1.807, 2.05) is 19.9 Å². The van der Waals surface area contributed by atoms with Crippen LogP contribution < -0.4 is 5.73 Å². The van der Waals surface area contributed by atoms with Crippen LogP contribution in [0.5, 0.6) is 0 Å². The van der Waals surface area contributed by atoms with Crippen LogP contribution >= 0.6 is 0 Å². The Bertz CT molecular complexity index is 589. The number of carbonyl (C=O) groups excluding carboxylic acids is 1. The van der Waals surface area contributed by atoms with Gasteiger partial charge in [-0.15, -0.1) is 5.10 Å². The summed E-state index contributed by atoms with van der Waals surface area (Å²) in [6, 6.07) is 1.86. The quantitative estimate of drug-likeness (QED) is 0.834. The van der Waals surface area contributed by atoms with E-state index in [-0.39, 0.29) is 17.3 Å². The van der Waals surface area contributed by atoms with Crippen LogP contribution in [0.25, 0.3) is 5.65 Å². The van der Waals surface area contributed by atoms with Gasteiger partial charge >= 0.3 is 5.97 Å². The first-order valence-electron chi connectivity index (χ1n) is 5.86. The molecule has 2 N–H and O–H groups in total. The third kappa shape index (κ3) is 1.90. The standard InChI is InChI=1S/C12H16N4O2/c1-4-18-12(17)9-10(13)15-16-8(7(2)3)5-6-14-11(9)16/h5-7H,4H2,1-3H3,(H2,13,15). The van der Waals surface area contributed by atoms with E-state index in [9.17, 15) is 4.79 Å². The number of aromatic nitrogens is 3. The second-order valence-electron chi connectivity index (χ2n) is 4.24. The Morgan fingerprint density at radius 2 is 2.28 bits per heavy atom. The molecule has 0 aliphatic heterocycles. The lowest BCUT2D eigenvalue weighted by molar-refractivity contribution is 0.0529. The summed E-state index contributed by atoms with van der Waals surface area (Å²) in [4.78, 5) is 16.0. The molecule has 0 amide bonds. The fraction of sp³-hybridized carbons (Fsp3) is 0.417. The molecule has 0 bridgehead atoms. The first-order chi connectivity index (χ1) is 8.56. The van der Waals surface area contributed by atoms with Gasteiger partial charge in [0.1, 0.15) is 5.56 Å². The number of esters is 1. The number of nitrogens with two attached hydrogens (primary N) is 1.